The van der Waals surface area contributed by atoms with Crippen molar-refractivity contribution in [3.63, 3.8) is 0 Å². The Balaban J connectivity index is 2.08. The number of nitrogens with one attached hydrogen (secondary N) is 1. The molecule has 1 saturated carbocycles. The van der Waals surface area contributed by atoms with Crippen LogP contribution in [0.1, 0.15) is 37.7 Å². The molecule has 0 spiro atoms. The molecule has 1 aliphatic carbocycles. The number of anilines is 2. The van der Waals surface area contributed by atoms with E-state index < -0.39 is 0 Å². The summed E-state index contributed by atoms with van der Waals surface area (Å²) in [5.74, 6) is 1.19. The van der Waals surface area contributed by atoms with Crippen molar-refractivity contribution in [2.75, 3.05) is 17.6 Å². The molecule has 1 aliphatic rings. The van der Waals surface area contributed by atoms with Crippen LogP contribution in [0.25, 0.3) is 0 Å². The molecule has 0 aromatic carbocycles. The second kappa shape index (κ2) is 5.82. The van der Waals surface area contributed by atoms with Gasteiger partial charge >= 0.3 is 0 Å². The predicted molar refractivity (Wildman–Crippen MR) is 69.7 cm³/mol. The summed E-state index contributed by atoms with van der Waals surface area (Å²) in [4.78, 5) is 8.31. The Morgan fingerprint density at radius 2 is 2.06 bits per heavy atom. The van der Waals surface area contributed by atoms with E-state index in [4.69, 9.17) is 11.5 Å². The zero-order chi connectivity index (χ0) is 12.1. The number of rotatable bonds is 4. The average Bonchev–Trinajstić information content (AvgIpc) is 2.34. The highest BCUT2D eigenvalue weighted by molar-refractivity contribution is 5.47. The van der Waals surface area contributed by atoms with Crippen LogP contribution in [0.3, 0.4) is 0 Å². The Kier molecular flexibility index (Phi) is 4.14. The molecule has 5 nitrogen and oxygen atoms in total. The highest BCUT2D eigenvalue weighted by atomic mass is 15.1. The molecule has 1 aromatic rings. The van der Waals surface area contributed by atoms with Crippen molar-refractivity contribution < 1.29 is 0 Å². The first-order chi connectivity index (χ1) is 8.29. The minimum Gasteiger partial charge on any atom is -0.368 e. The van der Waals surface area contributed by atoms with Crippen LogP contribution in [0.15, 0.2) is 6.20 Å². The van der Waals surface area contributed by atoms with Crippen LogP contribution >= 0.6 is 0 Å². The zero-order valence-electron chi connectivity index (χ0n) is 10.2. The maximum atomic E-state index is 5.64. The van der Waals surface area contributed by atoms with Crippen molar-refractivity contribution in [1.29, 1.82) is 0 Å². The summed E-state index contributed by atoms with van der Waals surface area (Å²) in [7, 11) is 0. The molecule has 0 radical (unpaired) electrons. The minimum atomic E-state index is 0.323. The first-order valence-corrected chi connectivity index (χ1v) is 6.37. The minimum absolute atomic E-state index is 0.323. The molecule has 0 saturated heterocycles. The van der Waals surface area contributed by atoms with E-state index in [2.05, 4.69) is 15.3 Å². The number of nitrogens with two attached hydrogens (primary N) is 2. The van der Waals surface area contributed by atoms with E-state index in [1.54, 1.807) is 6.20 Å². The van der Waals surface area contributed by atoms with Gasteiger partial charge in [0.05, 0.1) is 0 Å². The van der Waals surface area contributed by atoms with Crippen LogP contribution in [-0.4, -0.2) is 22.6 Å². The first-order valence-electron chi connectivity index (χ1n) is 6.37. The third kappa shape index (κ3) is 3.30. The molecule has 17 heavy (non-hydrogen) atoms. The maximum absolute atomic E-state index is 5.64. The van der Waals surface area contributed by atoms with Gasteiger partial charge in [-0.05, 0) is 25.8 Å². The molecule has 0 atom stereocenters. The topological polar surface area (TPSA) is 89.8 Å². The fraction of sp³-hybridized carbons (Fsp3) is 0.667. The fourth-order valence-electron chi connectivity index (χ4n) is 2.32. The predicted octanol–water partition coefficient (Wildman–Crippen LogP) is 1.30. The highest BCUT2D eigenvalue weighted by Gasteiger charge is 2.15. The molecule has 0 aliphatic heterocycles. The smallest absolute Gasteiger partial charge is 0.221 e. The summed E-state index contributed by atoms with van der Waals surface area (Å²) in [6, 6.07) is 0.523. The van der Waals surface area contributed by atoms with E-state index in [-0.39, 0.29) is 0 Å². The van der Waals surface area contributed by atoms with Crippen LogP contribution in [0.5, 0.6) is 0 Å². The molecule has 94 valence electrons. The lowest BCUT2D eigenvalue weighted by Gasteiger charge is -2.24. The Labute approximate surface area is 102 Å². The summed E-state index contributed by atoms with van der Waals surface area (Å²) < 4.78 is 0. The largest absolute Gasteiger partial charge is 0.368 e. The van der Waals surface area contributed by atoms with Gasteiger partial charge in [0.15, 0.2) is 0 Å². The SMILES string of the molecule is NCCc1cnc(N)nc1NC1CCCCC1. The summed E-state index contributed by atoms with van der Waals surface area (Å²) in [5.41, 5.74) is 12.3. The van der Waals surface area contributed by atoms with Crippen molar-refractivity contribution in [3.8, 4) is 0 Å². The number of hydrogen-bond donors (Lipinski definition) is 3. The van der Waals surface area contributed by atoms with E-state index in [0.717, 1.165) is 17.8 Å². The van der Waals surface area contributed by atoms with Gasteiger partial charge in [0.2, 0.25) is 5.95 Å². The average molecular weight is 235 g/mol. The zero-order valence-corrected chi connectivity index (χ0v) is 10.2. The van der Waals surface area contributed by atoms with Crippen LogP contribution in [0, 0.1) is 0 Å². The van der Waals surface area contributed by atoms with Gasteiger partial charge in [0, 0.05) is 17.8 Å². The molecule has 2 rings (SSSR count). The van der Waals surface area contributed by atoms with Crippen LogP contribution in [0.2, 0.25) is 0 Å². The number of hydrogen-bond acceptors (Lipinski definition) is 5. The lowest BCUT2D eigenvalue weighted by molar-refractivity contribution is 0.461. The van der Waals surface area contributed by atoms with E-state index >= 15 is 0 Å². The standard InChI is InChI=1S/C12H21N5/c13-7-6-9-8-15-12(14)17-11(9)16-10-4-2-1-3-5-10/h8,10H,1-7,13H2,(H3,14,15,16,17). The fourth-order valence-corrected chi connectivity index (χ4v) is 2.32. The Bertz CT molecular complexity index is 360. The molecule has 5 heteroatoms. The number of aromatic nitrogens is 2. The lowest BCUT2D eigenvalue weighted by atomic mass is 9.95. The Morgan fingerprint density at radius 1 is 1.29 bits per heavy atom. The second-order valence-electron chi connectivity index (χ2n) is 4.62. The highest BCUT2D eigenvalue weighted by Crippen LogP contribution is 2.22. The maximum Gasteiger partial charge on any atom is 0.221 e. The Hall–Kier alpha value is -1.36. The van der Waals surface area contributed by atoms with Crippen molar-refractivity contribution in [2.45, 2.75) is 44.6 Å². The monoisotopic (exact) mass is 235 g/mol. The van der Waals surface area contributed by atoms with Crippen molar-refractivity contribution in [1.82, 2.24) is 9.97 Å². The van der Waals surface area contributed by atoms with Gasteiger partial charge in [-0.2, -0.15) is 4.98 Å². The van der Waals surface area contributed by atoms with Crippen LogP contribution in [-0.2, 0) is 6.42 Å². The third-order valence-electron chi connectivity index (χ3n) is 3.24. The molecule has 5 N–H and O–H groups in total. The number of nitrogen functional groups attached to an aromatic ring is 1. The molecule has 1 aromatic heterocycles. The first kappa shape index (κ1) is 12.1. The summed E-state index contributed by atoms with van der Waals surface area (Å²) in [5, 5.41) is 3.49. The van der Waals surface area contributed by atoms with Crippen molar-refractivity contribution in [3.05, 3.63) is 11.8 Å². The molecule has 0 unspecified atom stereocenters. The quantitative estimate of drug-likeness (QED) is 0.732. The van der Waals surface area contributed by atoms with Gasteiger partial charge in [-0.3, -0.25) is 0 Å². The molecule has 1 fully saturated rings. The number of nitrogens with zero attached hydrogens (tertiary/aromatic N) is 2. The molecule has 1 heterocycles. The summed E-state index contributed by atoms with van der Waals surface area (Å²) >= 11 is 0. The summed E-state index contributed by atoms with van der Waals surface area (Å²) in [6.07, 6.45) is 8.93. The van der Waals surface area contributed by atoms with Crippen LogP contribution < -0.4 is 16.8 Å². The van der Waals surface area contributed by atoms with Crippen LogP contribution in [0.4, 0.5) is 11.8 Å². The third-order valence-corrected chi connectivity index (χ3v) is 3.24. The molecular formula is C12H21N5. The molecular weight excluding hydrogens is 214 g/mol. The van der Waals surface area contributed by atoms with Gasteiger partial charge in [0.1, 0.15) is 5.82 Å². The van der Waals surface area contributed by atoms with Gasteiger partial charge in [-0.25, -0.2) is 4.98 Å². The van der Waals surface area contributed by atoms with E-state index in [1.807, 2.05) is 0 Å². The molecule has 0 amide bonds. The van der Waals surface area contributed by atoms with E-state index in [0.29, 0.717) is 18.5 Å². The molecule has 0 bridgehead atoms. The van der Waals surface area contributed by atoms with Gasteiger partial charge in [-0.1, -0.05) is 19.3 Å². The van der Waals surface area contributed by atoms with Gasteiger partial charge < -0.3 is 16.8 Å². The Morgan fingerprint density at radius 3 is 2.76 bits per heavy atom. The van der Waals surface area contributed by atoms with Crippen molar-refractivity contribution in [2.24, 2.45) is 5.73 Å². The van der Waals surface area contributed by atoms with Gasteiger partial charge in [-0.15, -0.1) is 0 Å². The van der Waals surface area contributed by atoms with Gasteiger partial charge in [0.25, 0.3) is 0 Å². The van der Waals surface area contributed by atoms with E-state index in [9.17, 15) is 0 Å². The van der Waals surface area contributed by atoms with E-state index in [1.165, 1.54) is 32.1 Å². The lowest BCUT2D eigenvalue weighted by Crippen LogP contribution is -2.24. The normalized spacial score (nSPS) is 17.0. The second-order valence-corrected chi connectivity index (χ2v) is 4.62. The summed E-state index contributed by atoms with van der Waals surface area (Å²) in [6.45, 7) is 0.604. The van der Waals surface area contributed by atoms with Crippen molar-refractivity contribution >= 4 is 11.8 Å².